The molecule has 88 valence electrons. The molecular formula is C14H16N2O. The van der Waals surface area contributed by atoms with Crippen LogP contribution in [0.2, 0.25) is 0 Å². The van der Waals surface area contributed by atoms with Gasteiger partial charge in [0.1, 0.15) is 11.5 Å². The van der Waals surface area contributed by atoms with Gasteiger partial charge in [0.2, 0.25) is 0 Å². The van der Waals surface area contributed by atoms with Gasteiger partial charge in [-0.15, -0.1) is 0 Å². The first kappa shape index (κ1) is 10.5. The lowest BCUT2D eigenvalue weighted by molar-refractivity contribution is 0.315. The van der Waals surface area contributed by atoms with Crippen LogP contribution in [0.25, 0.3) is 11.3 Å². The largest absolute Gasteiger partial charge is 0.445 e. The van der Waals surface area contributed by atoms with E-state index in [1.54, 1.807) is 0 Å². The maximum atomic E-state index is 5.74. The third-order valence-corrected chi connectivity index (χ3v) is 3.22. The van der Waals surface area contributed by atoms with Gasteiger partial charge in [0.05, 0.1) is 0 Å². The van der Waals surface area contributed by atoms with Crippen molar-refractivity contribution in [2.24, 2.45) is 5.92 Å². The molecule has 0 bridgehead atoms. The Bertz CT molecular complexity index is 500. The molecule has 0 spiro atoms. The fourth-order valence-corrected chi connectivity index (χ4v) is 2.14. The molecule has 2 heterocycles. The number of nitrogens with zero attached hydrogens (tertiary/aromatic N) is 1. The average molecular weight is 228 g/mol. The Hall–Kier alpha value is -1.61. The van der Waals surface area contributed by atoms with Crippen LogP contribution in [0.15, 0.2) is 34.7 Å². The number of aromatic nitrogens is 1. The molecule has 2 aromatic rings. The van der Waals surface area contributed by atoms with Crippen molar-refractivity contribution in [3.8, 4) is 11.3 Å². The second-order valence-electron chi connectivity index (χ2n) is 4.61. The quantitative estimate of drug-likeness (QED) is 0.876. The first-order valence-electron chi connectivity index (χ1n) is 6.05. The summed E-state index contributed by atoms with van der Waals surface area (Å²) in [5.74, 6) is 2.48. The summed E-state index contributed by atoms with van der Waals surface area (Å²) in [5.41, 5.74) is 2.11. The summed E-state index contributed by atoms with van der Waals surface area (Å²) < 4.78 is 5.74. The number of nitrogens with one attached hydrogen (secondary N) is 1. The van der Waals surface area contributed by atoms with Gasteiger partial charge < -0.3 is 9.73 Å². The van der Waals surface area contributed by atoms with E-state index in [9.17, 15) is 0 Å². The zero-order chi connectivity index (χ0) is 11.7. The van der Waals surface area contributed by atoms with Gasteiger partial charge in [0.15, 0.2) is 5.89 Å². The third-order valence-electron chi connectivity index (χ3n) is 3.22. The summed E-state index contributed by atoms with van der Waals surface area (Å²) in [6, 6.07) is 10.2. The molecule has 3 nitrogen and oxygen atoms in total. The third kappa shape index (κ3) is 2.11. The Morgan fingerprint density at radius 3 is 2.71 bits per heavy atom. The van der Waals surface area contributed by atoms with Crippen molar-refractivity contribution in [1.29, 1.82) is 0 Å². The number of aryl methyl sites for hydroxylation is 1. The van der Waals surface area contributed by atoms with Gasteiger partial charge in [-0.2, -0.15) is 0 Å². The summed E-state index contributed by atoms with van der Waals surface area (Å²) in [5, 5.41) is 3.27. The molecule has 1 fully saturated rings. The van der Waals surface area contributed by atoms with Crippen molar-refractivity contribution in [2.45, 2.75) is 13.3 Å². The minimum absolute atomic E-state index is 0.691. The standard InChI is InChI=1S/C14H16N2O/c1-10-14(12-5-3-2-4-6-12)16-13(17-10)7-11-8-15-9-11/h2-6,11,15H,7-9H2,1H3. The lowest BCUT2D eigenvalue weighted by atomic mass is 10.00. The smallest absolute Gasteiger partial charge is 0.195 e. The van der Waals surface area contributed by atoms with E-state index in [1.807, 2.05) is 25.1 Å². The van der Waals surface area contributed by atoms with Crippen LogP contribution in [0.3, 0.4) is 0 Å². The average Bonchev–Trinajstić information content (AvgIpc) is 2.66. The van der Waals surface area contributed by atoms with Crippen molar-refractivity contribution < 1.29 is 4.42 Å². The van der Waals surface area contributed by atoms with E-state index in [-0.39, 0.29) is 0 Å². The molecule has 0 atom stereocenters. The van der Waals surface area contributed by atoms with E-state index in [1.165, 1.54) is 0 Å². The lowest BCUT2D eigenvalue weighted by Gasteiger charge is -2.25. The van der Waals surface area contributed by atoms with Gasteiger partial charge in [0, 0.05) is 12.0 Å². The molecule has 17 heavy (non-hydrogen) atoms. The monoisotopic (exact) mass is 228 g/mol. The first-order chi connectivity index (χ1) is 8.33. The van der Waals surface area contributed by atoms with Gasteiger partial charge in [-0.1, -0.05) is 30.3 Å². The molecule has 1 aromatic heterocycles. The van der Waals surface area contributed by atoms with Crippen LogP contribution in [0.4, 0.5) is 0 Å². The molecule has 0 unspecified atom stereocenters. The molecule has 3 heteroatoms. The molecule has 0 aliphatic carbocycles. The van der Waals surface area contributed by atoms with Crippen LogP contribution in [-0.2, 0) is 6.42 Å². The molecule has 1 aromatic carbocycles. The molecule has 3 rings (SSSR count). The minimum atomic E-state index is 0.691. The highest BCUT2D eigenvalue weighted by molar-refractivity contribution is 5.60. The van der Waals surface area contributed by atoms with Crippen molar-refractivity contribution in [2.75, 3.05) is 13.1 Å². The Morgan fingerprint density at radius 2 is 2.06 bits per heavy atom. The van der Waals surface area contributed by atoms with Crippen LogP contribution in [0.5, 0.6) is 0 Å². The van der Waals surface area contributed by atoms with E-state index >= 15 is 0 Å². The molecule has 1 aliphatic rings. The Balaban J connectivity index is 1.85. The molecule has 0 amide bonds. The highest BCUT2D eigenvalue weighted by Crippen LogP contribution is 2.24. The van der Waals surface area contributed by atoms with Gasteiger partial charge in [-0.3, -0.25) is 0 Å². The molecule has 0 saturated carbocycles. The van der Waals surface area contributed by atoms with Crippen LogP contribution in [0.1, 0.15) is 11.7 Å². The van der Waals surface area contributed by atoms with Crippen molar-refractivity contribution in [3.63, 3.8) is 0 Å². The summed E-state index contributed by atoms with van der Waals surface area (Å²) in [6.45, 7) is 4.15. The lowest BCUT2D eigenvalue weighted by Crippen LogP contribution is -2.43. The second kappa shape index (κ2) is 4.34. The van der Waals surface area contributed by atoms with Crippen molar-refractivity contribution in [1.82, 2.24) is 10.3 Å². The maximum absolute atomic E-state index is 5.74. The zero-order valence-corrected chi connectivity index (χ0v) is 9.94. The van der Waals surface area contributed by atoms with Crippen molar-refractivity contribution in [3.05, 3.63) is 42.0 Å². The van der Waals surface area contributed by atoms with Crippen molar-refractivity contribution >= 4 is 0 Å². The number of benzene rings is 1. The highest BCUT2D eigenvalue weighted by atomic mass is 16.4. The highest BCUT2D eigenvalue weighted by Gasteiger charge is 2.20. The van der Waals surface area contributed by atoms with E-state index in [2.05, 4.69) is 22.4 Å². The van der Waals surface area contributed by atoms with Crippen LogP contribution in [0, 0.1) is 12.8 Å². The first-order valence-corrected chi connectivity index (χ1v) is 6.05. The summed E-state index contributed by atoms with van der Waals surface area (Å²) in [4.78, 5) is 4.61. The zero-order valence-electron chi connectivity index (χ0n) is 9.94. The summed E-state index contributed by atoms with van der Waals surface area (Å²) in [7, 11) is 0. The normalized spacial score (nSPS) is 15.8. The Kier molecular flexibility index (Phi) is 2.69. The summed E-state index contributed by atoms with van der Waals surface area (Å²) >= 11 is 0. The number of rotatable bonds is 3. The van der Waals surface area contributed by atoms with E-state index in [0.29, 0.717) is 5.92 Å². The summed E-state index contributed by atoms with van der Waals surface area (Å²) in [6.07, 6.45) is 0.945. The van der Waals surface area contributed by atoms with Gasteiger partial charge in [-0.25, -0.2) is 4.98 Å². The topological polar surface area (TPSA) is 38.1 Å². The minimum Gasteiger partial charge on any atom is -0.445 e. The van der Waals surface area contributed by atoms with Gasteiger partial charge >= 0.3 is 0 Å². The van der Waals surface area contributed by atoms with Gasteiger partial charge in [0.25, 0.3) is 0 Å². The SMILES string of the molecule is Cc1oc(CC2CNC2)nc1-c1ccccc1. The van der Waals surface area contributed by atoms with Crippen LogP contribution >= 0.6 is 0 Å². The van der Waals surface area contributed by atoms with Gasteiger partial charge in [-0.05, 0) is 25.9 Å². The molecule has 1 N–H and O–H groups in total. The molecule has 1 aliphatic heterocycles. The van der Waals surface area contributed by atoms with Crippen LogP contribution < -0.4 is 5.32 Å². The second-order valence-corrected chi connectivity index (χ2v) is 4.61. The Morgan fingerprint density at radius 1 is 1.29 bits per heavy atom. The van der Waals surface area contributed by atoms with E-state index in [0.717, 1.165) is 42.4 Å². The predicted octanol–water partition coefficient (Wildman–Crippen LogP) is 2.41. The van der Waals surface area contributed by atoms with E-state index < -0.39 is 0 Å². The number of hydrogen-bond donors (Lipinski definition) is 1. The maximum Gasteiger partial charge on any atom is 0.195 e. The predicted molar refractivity (Wildman–Crippen MR) is 66.7 cm³/mol. The van der Waals surface area contributed by atoms with E-state index in [4.69, 9.17) is 4.42 Å². The number of oxazole rings is 1. The molecule has 1 saturated heterocycles. The fraction of sp³-hybridized carbons (Fsp3) is 0.357. The Labute approximate surface area is 101 Å². The fourth-order valence-electron chi connectivity index (χ4n) is 2.14. The number of hydrogen-bond acceptors (Lipinski definition) is 3. The van der Waals surface area contributed by atoms with Crippen LogP contribution in [-0.4, -0.2) is 18.1 Å². The molecule has 0 radical (unpaired) electrons. The molecular weight excluding hydrogens is 212 g/mol.